The summed E-state index contributed by atoms with van der Waals surface area (Å²) in [7, 11) is 1.61. The molecular formula is C21H29N3O5. The molecule has 1 aliphatic heterocycles. The van der Waals surface area contributed by atoms with Crippen molar-refractivity contribution in [2.75, 3.05) is 20.3 Å². The Balaban J connectivity index is 1.78. The van der Waals surface area contributed by atoms with Crippen LogP contribution in [0.4, 0.5) is 4.79 Å². The number of ketones is 1. The second-order valence-corrected chi connectivity index (χ2v) is 8.03. The molecule has 8 nitrogen and oxygen atoms in total. The zero-order valence-corrected chi connectivity index (χ0v) is 17.6. The molecule has 1 aromatic heterocycles. The van der Waals surface area contributed by atoms with E-state index >= 15 is 0 Å². The summed E-state index contributed by atoms with van der Waals surface area (Å²) in [5.74, 6) is -1.92. The predicted molar refractivity (Wildman–Crippen MR) is 105 cm³/mol. The minimum Gasteiger partial charge on any atom is -0.383 e. The molecule has 0 aromatic carbocycles. The molecule has 1 saturated heterocycles. The molecule has 29 heavy (non-hydrogen) atoms. The molecule has 2 atom stereocenters. The summed E-state index contributed by atoms with van der Waals surface area (Å²) >= 11 is 0. The number of rotatable bonds is 7. The van der Waals surface area contributed by atoms with Gasteiger partial charge in [0.25, 0.3) is 0 Å². The van der Waals surface area contributed by atoms with Crippen molar-refractivity contribution in [2.45, 2.75) is 59.0 Å². The highest BCUT2D eigenvalue weighted by Crippen LogP contribution is 2.31. The largest absolute Gasteiger partial charge is 0.383 e. The zero-order chi connectivity index (χ0) is 21.3. The molecule has 0 N–H and O–H groups in total. The van der Waals surface area contributed by atoms with E-state index in [1.54, 1.807) is 13.2 Å². The third kappa shape index (κ3) is 3.85. The Morgan fingerprint density at radius 3 is 2.48 bits per heavy atom. The average Bonchev–Trinajstić information content (AvgIpc) is 3.08. The van der Waals surface area contributed by atoms with Crippen molar-refractivity contribution >= 4 is 23.6 Å². The summed E-state index contributed by atoms with van der Waals surface area (Å²) in [6, 6.07) is 0.813. The molecule has 158 valence electrons. The van der Waals surface area contributed by atoms with Crippen molar-refractivity contribution < 1.29 is 23.9 Å². The van der Waals surface area contributed by atoms with Crippen LogP contribution in [-0.4, -0.2) is 64.3 Å². The van der Waals surface area contributed by atoms with E-state index in [1.165, 1.54) is 0 Å². The van der Waals surface area contributed by atoms with Gasteiger partial charge in [0.15, 0.2) is 5.78 Å². The van der Waals surface area contributed by atoms with Crippen molar-refractivity contribution in [3.05, 3.63) is 23.0 Å². The lowest BCUT2D eigenvalue weighted by Crippen LogP contribution is -2.46. The molecule has 2 heterocycles. The summed E-state index contributed by atoms with van der Waals surface area (Å²) in [5, 5.41) is 0. The number of carbonyl (C=O) groups is 4. The van der Waals surface area contributed by atoms with Gasteiger partial charge in [-0.2, -0.15) is 0 Å². The Labute approximate surface area is 170 Å². The van der Waals surface area contributed by atoms with Crippen molar-refractivity contribution in [2.24, 2.45) is 5.92 Å². The molecule has 2 fully saturated rings. The Hall–Kier alpha value is -2.48. The first-order chi connectivity index (χ1) is 13.8. The van der Waals surface area contributed by atoms with Crippen LogP contribution < -0.4 is 0 Å². The molecule has 1 aromatic rings. The van der Waals surface area contributed by atoms with E-state index in [9.17, 15) is 19.2 Å². The Morgan fingerprint density at radius 2 is 1.83 bits per heavy atom. The molecular weight excluding hydrogens is 374 g/mol. The number of amides is 4. The number of urea groups is 1. The summed E-state index contributed by atoms with van der Waals surface area (Å²) in [5.41, 5.74) is 2.11. The quantitative estimate of drug-likeness (QED) is 0.396. The van der Waals surface area contributed by atoms with Crippen molar-refractivity contribution in [3.8, 4) is 0 Å². The van der Waals surface area contributed by atoms with Gasteiger partial charge in [-0.15, -0.1) is 0 Å². The molecule has 3 rings (SSSR count). The van der Waals surface area contributed by atoms with Crippen LogP contribution >= 0.6 is 0 Å². The fourth-order valence-electron chi connectivity index (χ4n) is 4.47. The standard InChI is InChI=1S/C21H29N3O5/c1-13-7-5-6-8-17(13)24-20(27)19(26)23(21(24)28)12-18(25)16-11-14(2)22(15(16)3)9-10-29-4/h11,13,17H,5-10,12H2,1-4H3/t13-,17-/m1/s1. The first-order valence-electron chi connectivity index (χ1n) is 10.2. The number of hydrogen-bond donors (Lipinski definition) is 0. The number of aromatic nitrogens is 1. The van der Waals surface area contributed by atoms with Gasteiger partial charge in [0.1, 0.15) is 0 Å². The van der Waals surface area contributed by atoms with E-state index in [4.69, 9.17) is 4.74 Å². The Kier molecular flexibility index (Phi) is 6.21. The summed E-state index contributed by atoms with van der Waals surface area (Å²) < 4.78 is 7.07. The highest BCUT2D eigenvalue weighted by atomic mass is 16.5. The second kappa shape index (κ2) is 8.49. The Morgan fingerprint density at radius 1 is 1.14 bits per heavy atom. The topological polar surface area (TPSA) is 88.9 Å². The van der Waals surface area contributed by atoms with Gasteiger partial charge in [-0.1, -0.05) is 19.8 Å². The summed E-state index contributed by atoms with van der Waals surface area (Å²) in [4.78, 5) is 52.6. The number of ether oxygens (including phenoxy) is 1. The van der Waals surface area contributed by atoms with Gasteiger partial charge in [0.2, 0.25) is 0 Å². The molecule has 4 amide bonds. The maximum atomic E-state index is 12.9. The third-order valence-corrected chi connectivity index (χ3v) is 6.18. The van der Waals surface area contributed by atoms with E-state index in [2.05, 4.69) is 0 Å². The maximum Gasteiger partial charge on any atom is 0.334 e. The molecule has 8 heteroatoms. The number of aryl methyl sites for hydroxylation is 1. The van der Waals surface area contributed by atoms with Crippen LogP contribution in [0.15, 0.2) is 6.07 Å². The molecule has 2 aliphatic rings. The number of nitrogens with zero attached hydrogens (tertiary/aromatic N) is 3. The lowest BCUT2D eigenvalue weighted by molar-refractivity contribution is -0.144. The highest BCUT2D eigenvalue weighted by molar-refractivity contribution is 6.45. The van der Waals surface area contributed by atoms with Crippen LogP contribution in [0.3, 0.4) is 0 Å². The van der Waals surface area contributed by atoms with Crippen molar-refractivity contribution in [1.82, 2.24) is 14.4 Å². The van der Waals surface area contributed by atoms with Gasteiger partial charge in [0, 0.05) is 36.6 Å². The normalized spacial score (nSPS) is 22.7. The summed E-state index contributed by atoms with van der Waals surface area (Å²) in [6.07, 6.45) is 3.60. The maximum absolute atomic E-state index is 12.9. The minimum absolute atomic E-state index is 0.153. The van der Waals surface area contributed by atoms with Gasteiger partial charge >= 0.3 is 17.8 Å². The van der Waals surface area contributed by atoms with Crippen LogP contribution in [0.25, 0.3) is 0 Å². The van der Waals surface area contributed by atoms with E-state index in [0.717, 1.165) is 40.5 Å². The first-order valence-corrected chi connectivity index (χ1v) is 10.2. The number of methoxy groups -OCH3 is 1. The average molecular weight is 403 g/mol. The fraction of sp³-hybridized carbons (Fsp3) is 0.619. The van der Waals surface area contributed by atoms with Gasteiger partial charge in [-0.05, 0) is 38.7 Å². The lowest BCUT2D eigenvalue weighted by Gasteiger charge is -2.34. The van der Waals surface area contributed by atoms with Crippen LogP contribution in [-0.2, 0) is 20.9 Å². The SMILES string of the molecule is COCCn1c(C)cc(C(=O)CN2C(=O)C(=O)N([C@@H]3CCCC[C@H]3C)C2=O)c1C. The minimum atomic E-state index is -0.908. The fourth-order valence-corrected chi connectivity index (χ4v) is 4.47. The first kappa shape index (κ1) is 21.2. The van der Waals surface area contributed by atoms with E-state index in [-0.39, 0.29) is 17.7 Å². The predicted octanol–water partition coefficient (Wildman–Crippen LogP) is 2.30. The van der Waals surface area contributed by atoms with Crippen LogP contribution in [0.1, 0.15) is 54.4 Å². The summed E-state index contributed by atoms with van der Waals surface area (Å²) in [6.45, 7) is 6.41. The zero-order valence-electron chi connectivity index (χ0n) is 17.6. The van der Waals surface area contributed by atoms with Gasteiger partial charge in [0.05, 0.1) is 13.2 Å². The van der Waals surface area contributed by atoms with E-state index < -0.39 is 24.4 Å². The van der Waals surface area contributed by atoms with Crippen LogP contribution in [0, 0.1) is 19.8 Å². The van der Waals surface area contributed by atoms with E-state index in [0.29, 0.717) is 25.1 Å². The molecule has 0 bridgehead atoms. The van der Waals surface area contributed by atoms with Crippen molar-refractivity contribution in [1.29, 1.82) is 0 Å². The molecule has 0 spiro atoms. The van der Waals surface area contributed by atoms with Crippen LogP contribution in [0.2, 0.25) is 0 Å². The molecule has 1 saturated carbocycles. The molecule has 0 unspecified atom stereocenters. The number of carbonyl (C=O) groups excluding carboxylic acids is 4. The number of imide groups is 2. The lowest BCUT2D eigenvalue weighted by atomic mass is 9.85. The van der Waals surface area contributed by atoms with E-state index in [1.807, 2.05) is 25.3 Å². The molecule has 0 radical (unpaired) electrons. The van der Waals surface area contributed by atoms with Gasteiger partial charge < -0.3 is 9.30 Å². The Bertz CT molecular complexity index is 844. The smallest absolute Gasteiger partial charge is 0.334 e. The monoisotopic (exact) mass is 403 g/mol. The van der Waals surface area contributed by atoms with Crippen molar-refractivity contribution in [3.63, 3.8) is 0 Å². The number of Topliss-reactive ketones (excluding diaryl/α,β-unsaturated/α-hetero) is 1. The highest BCUT2D eigenvalue weighted by Gasteiger charge is 2.49. The van der Waals surface area contributed by atoms with Crippen LogP contribution in [0.5, 0.6) is 0 Å². The molecule has 1 aliphatic carbocycles. The third-order valence-electron chi connectivity index (χ3n) is 6.18. The van der Waals surface area contributed by atoms with Gasteiger partial charge in [-0.25, -0.2) is 9.69 Å². The second-order valence-electron chi connectivity index (χ2n) is 8.03. The number of hydrogen-bond acceptors (Lipinski definition) is 5. The van der Waals surface area contributed by atoms with Gasteiger partial charge in [-0.3, -0.25) is 19.3 Å².